The van der Waals surface area contributed by atoms with E-state index >= 15 is 0 Å². The van der Waals surface area contributed by atoms with Crippen LogP contribution in [0.15, 0.2) is 0 Å². The van der Waals surface area contributed by atoms with Crippen molar-refractivity contribution < 1.29 is 19.8 Å². The van der Waals surface area contributed by atoms with Gasteiger partial charge in [-0.15, -0.1) is 0 Å². The van der Waals surface area contributed by atoms with Gasteiger partial charge in [0.1, 0.15) is 0 Å². The molecule has 0 saturated heterocycles. The second-order valence-electron chi connectivity index (χ2n) is 9.78. The van der Waals surface area contributed by atoms with Gasteiger partial charge in [-0.2, -0.15) is 0 Å². The van der Waals surface area contributed by atoms with Crippen LogP contribution in [-0.2, 0) is 9.59 Å². The Morgan fingerprint density at radius 1 is 0.917 bits per heavy atom. The molecule has 1 spiro atoms. The van der Waals surface area contributed by atoms with E-state index in [0.29, 0.717) is 11.8 Å². The van der Waals surface area contributed by atoms with E-state index in [2.05, 4.69) is 6.92 Å². The lowest BCUT2D eigenvalue weighted by atomic mass is 9.41. The van der Waals surface area contributed by atoms with Gasteiger partial charge in [0, 0.05) is 0 Å². The quantitative estimate of drug-likeness (QED) is 0.794. The maximum atomic E-state index is 12.1. The maximum absolute atomic E-state index is 12.1. The minimum Gasteiger partial charge on any atom is -0.481 e. The summed E-state index contributed by atoms with van der Waals surface area (Å²) in [5.74, 6) is -0.282. The number of rotatable bonds is 2. The van der Waals surface area contributed by atoms with Crippen molar-refractivity contribution in [3.8, 4) is 0 Å². The number of fused-ring (bicyclic) bond motifs is 3. The first-order chi connectivity index (χ1) is 11.2. The third-order valence-corrected chi connectivity index (χ3v) is 8.94. The monoisotopic (exact) mass is 334 g/mol. The van der Waals surface area contributed by atoms with E-state index < -0.39 is 17.4 Å². The van der Waals surface area contributed by atoms with E-state index in [1.165, 1.54) is 0 Å². The lowest BCUT2D eigenvalue weighted by Gasteiger charge is -2.63. The molecule has 7 atom stereocenters. The van der Waals surface area contributed by atoms with Crippen molar-refractivity contribution in [2.75, 3.05) is 0 Å². The smallest absolute Gasteiger partial charge is 0.309 e. The van der Waals surface area contributed by atoms with Crippen molar-refractivity contribution in [3.05, 3.63) is 0 Å². The summed E-state index contributed by atoms with van der Waals surface area (Å²) in [7, 11) is 0. The van der Waals surface area contributed by atoms with E-state index in [-0.39, 0.29) is 22.7 Å². The van der Waals surface area contributed by atoms with Crippen molar-refractivity contribution in [3.63, 3.8) is 0 Å². The predicted octanol–water partition coefficient (Wildman–Crippen LogP) is 4.18. The fourth-order valence-electron chi connectivity index (χ4n) is 7.99. The molecule has 2 N–H and O–H groups in total. The molecular weight excluding hydrogens is 304 g/mol. The third kappa shape index (κ3) is 1.91. The Bertz CT molecular complexity index is 586. The van der Waals surface area contributed by atoms with Gasteiger partial charge in [-0.05, 0) is 86.9 Å². The van der Waals surface area contributed by atoms with Gasteiger partial charge in [-0.3, -0.25) is 9.59 Å². The minimum atomic E-state index is -0.627. The van der Waals surface area contributed by atoms with Crippen molar-refractivity contribution in [1.82, 2.24) is 0 Å². The second kappa shape index (κ2) is 4.98. The van der Waals surface area contributed by atoms with Gasteiger partial charge >= 0.3 is 11.9 Å². The lowest BCUT2D eigenvalue weighted by Crippen LogP contribution is -2.58. The highest BCUT2D eigenvalue weighted by Crippen LogP contribution is 2.72. The lowest BCUT2D eigenvalue weighted by molar-refractivity contribution is -0.181. The zero-order chi connectivity index (χ0) is 17.3. The SMILES string of the molecule is C[C@@]12CCC[C@@](C)(C(=O)O)[C@@H]1CC[C@@]13C[C@@H](CC[C@@H]12)[C@H](C(=O)O)C3. The van der Waals surface area contributed by atoms with Gasteiger partial charge in [0.15, 0.2) is 0 Å². The molecule has 0 aliphatic heterocycles. The van der Waals surface area contributed by atoms with Gasteiger partial charge in [0.05, 0.1) is 11.3 Å². The van der Waals surface area contributed by atoms with E-state index in [9.17, 15) is 19.8 Å². The van der Waals surface area contributed by atoms with Crippen LogP contribution in [0.1, 0.15) is 71.6 Å². The van der Waals surface area contributed by atoms with Gasteiger partial charge in [-0.1, -0.05) is 13.3 Å². The van der Waals surface area contributed by atoms with E-state index in [1.54, 1.807) is 0 Å². The molecule has 24 heavy (non-hydrogen) atoms. The van der Waals surface area contributed by atoms with Crippen LogP contribution < -0.4 is 0 Å². The van der Waals surface area contributed by atoms with Crippen LogP contribution >= 0.6 is 0 Å². The topological polar surface area (TPSA) is 74.6 Å². The molecule has 0 amide bonds. The van der Waals surface area contributed by atoms with Crippen LogP contribution in [0.2, 0.25) is 0 Å². The van der Waals surface area contributed by atoms with Crippen LogP contribution in [0.3, 0.4) is 0 Å². The number of carboxylic acids is 2. The molecule has 0 radical (unpaired) electrons. The molecule has 4 rings (SSSR count). The number of hydrogen-bond acceptors (Lipinski definition) is 2. The van der Waals surface area contributed by atoms with Crippen molar-refractivity contribution in [2.24, 2.45) is 39.9 Å². The fraction of sp³-hybridized carbons (Fsp3) is 0.900. The maximum Gasteiger partial charge on any atom is 0.309 e. The average Bonchev–Trinajstić information content (AvgIpc) is 2.78. The van der Waals surface area contributed by atoms with Crippen LogP contribution in [0.4, 0.5) is 0 Å². The number of carboxylic acid groups (broad SMARTS) is 2. The molecule has 0 unspecified atom stereocenters. The Hall–Kier alpha value is -1.06. The Labute approximate surface area is 144 Å². The highest BCUT2D eigenvalue weighted by molar-refractivity contribution is 5.75. The highest BCUT2D eigenvalue weighted by Gasteiger charge is 2.66. The fourth-order valence-corrected chi connectivity index (χ4v) is 7.99. The zero-order valence-electron chi connectivity index (χ0n) is 14.9. The molecule has 0 aromatic rings. The molecule has 4 aliphatic rings. The molecule has 4 aliphatic carbocycles. The molecular formula is C20H30O4. The van der Waals surface area contributed by atoms with E-state index in [1.807, 2.05) is 6.92 Å². The summed E-state index contributed by atoms with van der Waals surface area (Å²) in [6.45, 7) is 4.31. The molecule has 0 heterocycles. The van der Waals surface area contributed by atoms with E-state index in [4.69, 9.17) is 0 Å². The summed E-state index contributed by atoms with van der Waals surface area (Å²) in [4.78, 5) is 23.7. The summed E-state index contributed by atoms with van der Waals surface area (Å²) in [6, 6.07) is 0. The van der Waals surface area contributed by atoms with Gasteiger partial charge in [0.2, 0.25) is 0 Å². The molecule has 134 valence electrons. The first kappa shape index (κ1) is 16.4. The van der Waals surface area contributed by atoms with Gasteiger partial charge < -0.3 is 10.2 Å². The van der Waals surface area contributed by atoms with Gasteiger partial charge in [-0.25, -0.2) is 0 Å². The zero-order valence-corrected chi connectivity index (χ0v) is 14.9. The van der Waals surface area contributed by atoms with Gasteiger partial charge in [0.25, 0.3) is 0 Å². The van der Waals surface area contributed by atoms with E-state index in [0.717, 1.165) is 57.8 Å². The molecule has 4 nitrogen and oxygen atoms in total. The summed E-state index contributed by atoms with van der Waals surface area (Å²) in [5.41, 5.74) is -0.355. The third-order valence-electron chi connectivity index (χ3n) is 8.94. The Kier molecular flexibility index (Phi) is 3.41. The van der Waals surface area contributed by atoms with Crippen molar-refractivity contribution in [2.45, 2.75) is 71.6 Å². The van der Waals surface area contributed by atoms with Crippen molar-refractivity contribution in [1.29, 1.82) is 0 Å². The first-order valence-electron chi connectivity index (χ1n) is 9.69. The Balaban J connectivity index is 1.71. The van der Waals surface area contributed by atoms with Crippen LogP contribution in [0.5, 0.6) is 0 Å². The standard InChI is InChI=1S/C20H30O4/c1-18-7-3-8-19(2,17(23)24)14(18)6-9-20-10-12(4-5-15(18)20)13(11-20)16(21)22/h12-15H,3-11H2,1-2H3,(H,21,22)(H,23,24)/t12-,13-,14-,15-,18-,19-,20+/m1/s1. The molecule has 4 heteroatoms. The summed E-state index contributed by atoms with van der Waals surface area (Å²) >= 11 is 0. The molecule has 0 aromatic heterocycles. The summed E-state index contributed by atoms with van der Waals surface area (Å²) in [6.07, 6.45) is 8.96. The molecule has 4 fully saturated rings. The number of hydrogen-bond donors (Lipinski definition) is 2. The van der Waals surface area contributed by atoms with Crippen LogP contribution in [0.25, 0.3) is 0 Å². The minimum absolute atomic E-state index is 0.0714. The average molecular weight is 334 g/mol. The summed E-state index contributed by atoms with van der Waals surface area (Å²) < 4.78 is 0. The second-order valence-corrected chi connectivity index (χ2v) is 9.78. The Morgan fingerprint density at radius 2 is 1.67 bits per heavy atom. The largest absolute Gasteiger partial charge is 0.481 e. The van der Waals surface area contributed by atoms with Crippen molar-refractivity contribution >= 4 is 11.9 Å². The number of aliphatic carboxylic acids is 2. The summed E-state index contributed by atoms with van der Waals surface area (Å²) in [5, 5.41) is 19.5. The molecule has 0 aromatic carbocycles. The van der Waals surface area contributed by atoms with Crippen LogP contribution in [0, 0.1) is 39.9 Å². The molecule has 2 bridgehead atoms. The highest BCUT2D eigenvalue weighted by atomic mass is 16.4. The predicted molar refractivity (Wildman–Crippen MR) is 89.4 cm³/mol. The molecule has 4 saturated carbocycles. The number of carbonyl (C=O) groups is 2. The first-order valence-corrected chi connectivity index (χ1v) is 9.69. The normalized spacial score (nSPS) is 53.1. The Morgan fingerprint density at radius 3 is 2.33 bits per heavy atom. The van der Waals surface area contributed by atoms with Crippen LogP contribution in [-0.4, -0.2) is 22.2 Å².